The van der Waals surface area contributed by atoms with Crippen molar-refractivity contribution in [2.24, 2.45) is 11.8 Å². The molecular formula is C14H22O2. The van der Waals surface area contributed by atoms with Crippen LogP contribution in [0.15, 0.2) is 11.6 Å². The largest absolute Gasteiger partial charge is 0.459 e. The maximum Gasteiger partial charge on any atom is 0.309 e. The molecule has 16 heavy (non-hydrogen) atoms. The monoisotopic (exact) mass is 222 g/mol. The van der Waals surface area contributed by atoms with Crippen LogP contribution >= 0.6 is 0 Å². The molecule has 0 bridgehead atoms. The first-order chi connectivity index (χ1) is 7.49. The summed E-state index contributed by atoms with van der Waals surface area (Å²) < 4.78 is 5.67. The molecule has 0 aromatic heterocycles. The number of esters is 1. The molecule has 90 valence electrons. The molecule has 2 aliphatic rings. The Morgan fingerprint density at radius 3 is 2.56 bits per heavy atom. The van der Waals surface area contributed by atoms with Crippen LogP contribution in [0.3, 0.4) is 0 Å². The van der Waals surface area contributed by atoms with Gasteiger partial charge in [-0.3, -0.25) is 4.79 Å². The van der Waals surface area contributed by atoms with Crippen LogP contribution in [-0.4, -0.2) is 11.6 Å². The van der Waals surface area contributed by atoms with Gasteiger partial charge < -0.3 is 4.74 Å². The van der Waals surface area contributed by atoms with Gasteiger partial charge in [-0.25, -0.2) is 0 Å². The average molecular weight is 222 g/mol. The topological polar surface area (TPSA) is 26.3 Å². The van der Waals surface area contributed by atoms with Crippen molar-refractivity contribution in [3.8, 4) is 0 Å². The molecule has 2 heteroatoms. The summed E-state index contributed by atoms with van der Waals surface area (Å²) >= 11 is 0. The highest BCUT2D eigenvalue weighted by atomic mass is 16.6. The van der Waals surface area contributed by atoms with Crippen molar-refractivity contribution >= 4 is 5.97 Å². The molecule has 0 saturated heterocycles. The van der Waals surface area contributed by atoms with Gasteiger partial charge >= 0.3 is 5.97 Å². The van der Waals surface area contributed by atoms with E-state index in [4.69, 9.17) is 4.74 Å². The van der Waals surface area contributed by atoms with E-state index in [0.717, 1.165) is 32.1 Å². The molecule has 2 aliphatic carbocycles. The number of hydrogen-bond donors (Lipinski definition) is 0. The van der Waals surface area contributed by atoms with Crippen LogP contribution < -0.4 is 0 Å². The molecule has 1 atom stereocenters. The van der Waals surface area contributed by atoms with Crippen LogP contribution in [0.1, 0.15) is 52.9 Å². The number of carbonyl (C=O) groups is 1. The van der Waals surface area contributed by atoms with E-state index in [9.17, 15) is 4.79 Å². The highest BCUT2D eigenvalue weighted by Gasteiger charge is 2.38. The van der Waals surface area contributed by atoms with E-state index >= 15 is 0 Å². The second-order valence-electron chi connectivity index (χ2n) is 5.82. The van der Waals surface area contributed by atoms with Gasteiger partial charge in [-0.05, 0) is 52.9 Å². The van der Waals surface area contributed by atoms with E-state index in [1.165, 1.54) is 5.57 Å². The lowest BCUT2D eigenvalue weighted by Crippen LogP contribution is -2.38. The average Bonchev–Trinajstić information content (AvgIpc) is 3.00. The Morgan fingerprint density at radius 2 is 2.06 bits per heavy atom. The molecule has 0 spiro atoms. The van der Waals surface area contributed by atoms with Crippen molar-refractivity contribution in [3.05, 3.63) is 11.6 Å². The number of hydrogen-bond acceptors (Lipinski definition) is 2. The fourth-order valence-corrected chi connectivity index (χ4v) is 2.34. The first-order valence-electron chi connectivity index (χ1n) is 6.37. The van der Waals surface area contributed by atoms with Crippen LogP contribution in [0, 0.1) is 11.8 Å². The Labute approximate surface area is 98.1 Å². The Bertz CT molecular complexity index is 311. The lowest BCUT2D eigenvalue weighted by Gasteiger charge is -2.35. The minimum atomic E-state index is -0.295. The number of allylic oxidation sites excluding steroid dienone is 2. The zero-order valence-corrected chi connectivity index (χ0v) is 10.6. The molecule has 0 aromatic carbocycles. The maximum atomic E-state index is 11.7. The number of carbonyl (C=O) groups excluding carboxylic acids is 1. The standard InChI is InChI=1S/C14H22O2/c1-10-4-8-12(9-5-10)14(2,3)16-13(15)11-6-7-11/h4,11-12H,5-9H2,1-3H3. The first kappa shape index (κ1) is 11.7. The Balaban J connectivity index is 1.92. The molecular weight excluding hydrogens is 200 g/mol. The molecule has 1 unspecified atom stereocenters. The van der Waals surface area contributed by atoms with Gasteiger partial charge in [0.15, 0.2) is 0 Å². The van der Waals surface area contributed by atoms with Crippen LogP contribution in [-0.2, 0) is 9.53 Å². The van der Waals surface area contributed by atoms with Gasteiger partial charge in [0.1, 0.15) is 5.60 Å². The second kappa shape index (κ2) is 4.23. The number of rotatable bonds is 3. The van der Waals surface area contributed by atoms with Gasteiger partial charge in [0, 0.05) is 5.92 Å². The van der Waals surface area contributed by atoms with Crippen LogP contribution in [0.2, 0.25) is 0 Å². The second-order valence-corrected chi connectivity index (χ2v) is 5.82. The SMILES string of the molecule is CC1=CCC(C(C)(C)OC(=O)C2CC2)CC1. The van der Waals surface area contributed by atoms with Crippen molar-refractivity contribution in [1.29, 1.82) is 0 Å². The van der Waals surface area contributed by atoms with Gasteiger partial charge in [-0.15, -0.1) is 0 Å². The van der Waals surface area contributed by atoms with E-state index < -0.39 is 0 Å². The van der Waals surface area contributed by atoms with Gasteiger partial charge in [0.2, 0.25) is 0 Å². The summed E-state index contributed by atoms with van der Waals surface area (Å²) in [5.74, 6) is 0.718. The fourth-order valence-electron chi connectivity index (χ4n) is 2.34. The van der Waals surface area contributed by atoms with Gasteiger partial charge in [0.05, 0.1) is 5.92 Å². The molecule has 1 saturated carbocycles. The third kappa shape index (κ3) is 2.66. The molecule has 0 radical (unpaired) electrons. The maximum absolute atomic E-state index is 11.7. The van der Waals surface area contributed by atoms with Crippen molar-refractivity contribution in [1.82, 2.24) is 0 Å². The van der Waals surface area contributed by atoms with Crippen molar-refractivity contribution in [2.75, 3.05) is 0 Å². The van der Waals surface area contributed by atoms with Crippen molar-refractivity contribution < 1.29 is 9.53 Å². The Hall–Kier alpha value is -0.790. The van der Waals surface area contributed by atoms with Gasteiger partial charge in [0.25, 0.3) is 0 Å². The summed E-state index contributed by atoms with van der Waals surface area (Å²) in [7, 11) is 0. The highest BCUT2D eigenvalue weighted by Crippen LogP contribution is 2.37. The zero-order chi connectivity index (χ0) is 11.8. The zero-order valence-electron chi connectivity index (χ0n) is 10.6. The molecule has 0 aliphatic heterocycles. The minimum Gasteiger partial charge on any atom is -0.459 e. The number of ether oxygens (including phenoxy) is 1. The lowest BCUT2D eigenvalue weighted by atomic mass is 9.79. The normalized spacial score (nSPS) is 26.2. The predicted molar refractivity (Wildman–Crippen MR) is 64.0 cm³/mol. The van der Waals surface area contributed by atoms with E-state index in [2.05, 4.69) is 26.8 Å². The van der Waals surface area contributed by atoms with Crippen LogP contribution in [0.25, 0.3) is 0 Å². The summed E-state index contributed by atoms with van der Waals surface area (Å²) in [4.78, 5) is 11.7. The summed E-state index contributed by atoms with van der Waals surface area (Å²) in [6, 6.07) is 0. The summed E-state index contributed by atoms with van der Waals surface area (Å²) in [5, 5.41) is 0. The lowest BCUT2D eigenvalue weighted by molar-refractivity contribution is -0.163. The highest BCUT2D eigenvalue weighted by molar-refractivity contribution is 5.75. The molecule has 2 rings (SSSR count). The minimum absolute atomic E-state index is 0.0243. The molecule has 2 nitrogen and oxygen atoms in total. The predicted octanol–water partition coefficient (Wildman–Crippen LogP) is 3.46. The van der Waals surface area contributed by atoms with E-state index in [1.807, 2.05) is 0 Å². The third-order valence-corrected chi connectivity index (χ3v) is 3.90. The van der Waals surface area contributed by atoms with E-state index in [0.29, 0.717) is 5.92 Å². The molecule has 0 N–H and O–H groups in total. The van der Waals surface area contributed by atoms with Gasteiger partial charge in [-0.1, -0.05) is 11.6 Å². The fraction of sp³-hybridized carbons (Fsp3) is 0.786. The van der Waals surface area contributed by atoms with Crippen molar-refractivity contribution in [3.63, 3.8) is 0 Å². The van der Waals surface area contributed by atoms with Gasteiger partial charge in [-0.2, -0.15) is 0 Å². The smallest absolute Gasteiger partial charge is 0.309 e. The summed E-state index contributed by atoms with van der Waals surface area (Å²) in [5.41, 5.74) is 1.18. The van der Waals surface area contributed by atoms with E-state index in [-0.39, 0.29) is 17.5 Å². The third-order valence-electron chi connectivity index (χ3n) is 3.90. The van der Waals surface area contributed by atoms with Crippen LogP contribution in [0.5, 0.6) is 0 Å². The Morgan fingerprint density at radius 1 is 1.38 bits per heavy atom. The van der Waals surface area contributed by atoms with Crippen LogP contribution in [0.4, 0.5) is 0 Å². The van der Waals surface area contributed by atoms with Crippen molar-refractivity contribution in [2.45, 2.75) is 58.5 Å². The first-order valence-corrected chi connectivity index (χ1v) is 6.37. The summed E-state index contributed by atoms with van der Waals surface area (Å²) in [6.07, 6.45) is 7.69. The summed E-state index contributed by atoms with van der Waals surface area (Å²) in [6.45, 7) is 6.30. The molecule has 0 heterocycles. The Kier molecular flexibility index (Phi) is 3.09. The molecule has 0 aromatic rings. The molecule has 1 fully saturated rings. The quantitative estimate of drug-likeness (QED) is 0.540. The van der Waals surface area contributed by atoms with E-state index in [1.54, 1.807) is 0 Å². The molecule has 0 amide bonds.